The molecule has 1 aromatic rings. The lowest BCUT2D eigenvalue weighted by atomic mass is 9.55. The summed E-state index contributed by atoms with van der Waals surface area (Å²) in [6, 6.07) is 5.36. The normalized spacial score (nSPS) is 36.9. The maximum absolute atomic E-state index is 10.7. The molecule has 3 aliphatic rings. The first kappa shape index (κ1) is 17.3. The SMILES string of the molecule is C[C@]12CCC3c4ccc(O)cc4C(=NOCC(=O)O)CC3C1CCC2O. The van der Waals surface area contributed by atoms with Crippen LogP contribution in [0.15, 0.2) is 23.4 Å². The Kier molecular flexibility index (Phi) is 4.18. The van der Waals surface area contributed by atoms with Gasteiger partial charge in [0.1, 0.15) is 5.75 Å². The topological polar surface area (TPSA) is 99.4 Å². The summed E-state index contributed by atoms with van der Waals surface area (Å²) < 4.78 is 0. The van der Waals surface area contributed by atoms with Gasteiger partial charge in [-0.25, -0.2) is 4.79 Å². The monoisotopic (exact) mass is 359 g/mol. The molecule has 5 atom stereocenters. The summed E-state index contributed by atoms with van der Waals surface area (Å²) in [5, 5.41) is 33.3. The van der Waals surface area contributed by atoms with Crippen molar-refractivity contribution in [2.75, 3.05) is 6.61 Å². The van der Waals surface area contributed by atoms with E-state index in [4.69, 9.17) is 9.94 Å². The Morgan fingerprint density at radius 2 is 2.15 bits per heavy atom. The average Bonchev–Trinajstić information content (AvgIpc) is 2.90. The third-order valence-corrected chi connectivity index (χ3v) is 6.93. The minimum Gasteiger partial charge on any atom is -0.508 e. The Morgan fingerprint density at radius 1 is 1.35 bits per heavy atom. The number of hydrogen-bond acceptors (Lipinski definition) is 5. The molecular weight excluding hydrogens is 334 g/mol. The van der Waals surface area contributed by atoms with Crippen molar-refractivity contribution in [3.05, 3.63) is 29.3 Å². The number of fused-ring (bicyclic) bond motifs is 5. The zero-order valence-electron chi connectivity index (χ0n) is 14.9. The molecule has 1 aromatic carbocycles. The summed E-state index contributed by atoms with van der Waals surface area (Å²) >= 11 is 0. The maximum atomic E-state index is 10.7. The lowest BCUT2D eigenvalue weighted by Gasteiger charge is -2.50. The molecule has 0 aliphatic heterocycles. The Morgan fingerprint density at radius 3 is 2.92 bits per heavy atom. The van der Waals surface area contributed by atoms with Gasteiger partial charge in [0.25, 0.3) is 0 Å². The predicted octanol–water partition coefficient (Wildman–Crippen LogP) is 2.87. The van der Waals surface area contributed by atoms with Crippen LogP contribution in [0.3, 0.4) is 0 Å². The van der Waals surface area contributed by atoms with Gasteiger partial charge >= 0.3 is 5.97 Å². The second-order valence-corrected chi connectivity index (χ2v) is 8.20. The van der Waals surface area contributed by atoms with E-state index in [1.165, 1.54) is 0 Å². The quantitative estimate of drug-likeness (QED) is 0.721. The van der Waals surface area contributed by atoms with E-state index in [1.54, 1.807) is 12.1 Å². The summed E-state index contributed by atoms with van der Waals surface area (Å²) in [5.74, 6) is 0.263. The summed E-state index contributed by atoms with van der Waals surface area (Å²) in [6.45, 7) is 1.72. The van der Waals surface area contributed by atoms with Crippen LogP contribution in [-0.4, -0.2) is 39.7 Å². The molecule has 2 fully saturated rings. The molecule has 0 aromatic heterocycles. The van der Waals surface area contributed by atoms with Gasteiger partial charge in [0.05, 0.1) is 11.8 Å². The van der Waals surface area contributed by atoms with Crippen molar-refractivity contribution in [1.29, 1.82) is 0 Å². The number of nitrogens with zero attached hydrogens (tertiary/aromatic N) is 1. The van der Waals surface area contributed by atoms with Gasteiger partial charge in [0.15, 0.2) is 0 Å². The number of carboxylic acids is 1. The first-order valence-electron chi connectivity index (χ1n) is 9.32. The number of aliphatic hydroxyl groups is 1. The highest BCUT2D eigenvalue weighted by Crippen LogP contribution is 2.60. The predicted molar refractivity (Wildman–Crippen MR) is 95.2 cm³/mol. The molecule has 26 heavy (non-hydrogen) atoms. The van der Waals surface area contributed by atoms with Crippen LogP contribution in [0, 0.1) is 17.3 Å². The zero-order chi connectivity index (χ0) is 18.5. The van der Waals surface area contributed by atoms with Gasteiger partial charge in [-0.15, -0.1) is 0 Å². The fraction of sp³-hybridized carbons (Fsp3) is 0.600. The number of benzene rings is 1. The van der Waals surface area contributed by atoms with Crippen LogP contribution in [0.25, 0.3) is 0 Å². The number of phenols is 1. The lowest BCUT2D eigenvalue weighted by molar-refractivity contribution is -0.142. The van der Waals surface area contributed by atoms with Crippen LogP contribution >= 0.6 is 0 Å². The van der Waals surface area contributed by atoms with E-state index in [-0.39, 0.29) is 17.3 Å². The van der Waals surface area contributed by atoms with Crippen molar-refractivity contribution in [1.82, 2.24) is 0 Å². The molecule has 0 bridgehead atoms. The largest absolute Gasteiger partial charge is 0.508 e. The smallest absolute Gasteiger partial charge is 0.344 e. The third-order valence-electron chi connectivity index (χ3n) is 6.93. The van der Waals surface area contributed by atoms with Crippen molar-refractivity contribution >= 4 is 11.7 Å². The van der Waals surface area contributed by atoms with E-state index in [2.05, 4.69) is 12.1 Å². The molecule has 2 saturated carbocycles. The second kappa shape index (κ2) is 6.27. The van der Waals surface area contributed by atoms with Crippen LogP contribution in [0.2, 0.25) is 0 Å². The molecule has 4 unspecified atom stereocenters. The fourth-order valence-electron chi connectivity index (χ4n) is 5.63. The Labute approximate surface area is 152 Å². The van der Waals surface area contributed by atoms with Crippen LogP contribution in [-0.2, 0) is 9.63 Å². The number of aromatic hydroxyl groups is 1. The van der Waals surface area contributed by atoms with Gasteiger partial charge in [-0.05, 0) is 73.0 Å². The number of carboxylic acid groups (broad SMARTS) is 1. The first-order chi connectivity index (χ1) is 12.4. The Balaban J connectivity index is 1.72. The van der Waals surface area contributed by atoms with Crippen molar-refractivity contribution < 1.29 is 25.0 Å². The van der Waals surface area contributed by atoms with E-state index in [0.29, 0.717) is 29.9 Å². The molecule has 6 heteroatoms. The van der Waals surface area contributed by atoms with Crippen LogP contribution in [0.4, 0.5) is 0 Å². The number of aliphatic hydroxyl groups excluding tert-OH is 1. The third kappa shape index (κ3) is 2.67. The summed E-state index contributed by atoms with van der Waals surface area (Å²) in [6.07, 6.45) is 4.30. The highest BCUT2D eigenvalue weighted by molar-refractivity contribution is 6.03. The molecule has 3 N–H and O–H groups in total. The molecule has 3 aliphatic carbocycles. The highest BCUT2D eigenvalue weighted by Gasteiger charge is 2.55. The van der Waals surface area contributed by atoms with E-state index in [0.717, 1.165) is 36.8 Å². The molecule has 0 saturated heterocycles. The van der Waals surface area contributed by atoms with E-state index in [1.807, 2.05) is 6.07 Å². The number of carbonyl (C=O) groups is 1. The minimum atomic E-state index is -1.07. The molecule has 0 radical (unpaired) electrons. The maximum Gasteiger partial charge on any atom is 0.344 e. The van der Waals surface area contributed by atoms with E-state index < -0.39 is 12.6 Å². The number of oxime groups is 1. The van der Waals surface area contributed by atoms with Gasteiger partial charge in [0, 0.05) is 5.56 Å². The molecule has 0 spiro atoms. The standard InChI is InChI=1S/C20H25NO5/c1-20-7-6-13-12-3-2-11(22)8-15(12)17(21-26-10-19(24)25)9-14(13)16(20)4-5-18(20)23/h2-3,8,13-14,16,18,22-23H,4-7,9-10H2,1H3,(H,24,25)/t13?,14?,16?,18?,20-/m0/s1. The summed E-state index contributed by atoms with van der Waals surface area (Å²) in [4.78, 5) is 15.8. The Bertz CT molecular complexity index is 761. The Hall–Kier alpha value is -2.08. The minimum absolute atomic E-state index is 0.0530. The molecule has 4 rings (SSSR count). The van der Waals surface area contributed by atoms with Gasteiger partial charge in [-0.3, -0.25) is 0 Å². The van der Waals surface area contributed by atoms with Gasteiger partial charge in [-0.2, -0.15) is 0 Å². The average molecular weight is 359 g/mol. The van der Waals surface area contributed by atoms with Crippen LogP contribution in [0.1, 0.15) is 56.1 Å². The van der Waals surface area contributed by atoms with E-state index in [9.17, 15) is 15.0 Å². The van der Waals surface area contributed by atoms with Crippen molar-refractivity contribution in [2.24, 2.45) is 22.4 Å². The van der Waals surface area contributed by atoms with Gasteiger partial charge < -0.3 is 20.2 Å². The van der Waals surface area contributed by atoms with Crippen molar-refractivity contribution in [2.45, 2.75) is 51.0 Å². The number of rotatable bonds is 3. The summed E-state index contributed by atoms with van der Waals surface area (Å²) in [5.41, 5.74) is 2.66. The molecular formula is C20H25NO5. The second-order valence-electron chi connectivity index (χ2n) is 8.20. The number of hydrogen-bond donors (Lipinski definition) is 3. The van der Waals surface area contributed by atoms with Gasteiger partial charge in [-0.1, -0.05) is 18.1 Å². The number of aliphatic carboxylic acids is 1. The number of phenolic OH excluding ortho intramolecular Hbond substituents is 1. The van der Waals surface area contributed by atoms with Crippen LogP contribution in [0.5, 0.6) is 5.75 Å². The molecule has 140 valence electrons. The van der Waals surface area contributed by atoms with Gasteiger partial charge in [0.2, 0.25) is 6.61 Å². The molecule has 0 amide bonds. The summed E-state index contributed by atoms with van der Waals surface area (Å²) in [7, 11) is 0. The molecule has 6 nitrogen and oxygen atoms in total. The first-order valence-corrected chi connectivity index (χ1v) is 9.32. The zero-order valence-corrected chi connectivity index (χ0v) is 14.9. The highest BCUT2D eigenvalue weighted by atomic mass is 16.6. The van der Waals surface area contributed by atoms with Crippen LogP contribution < -0.4 is 0 Å². The van der Waals surface area contributed by atoms with Crippen molar-refractivity contribution in [3.63, 3.8) is 0 Å². The lowest BCUT2D eigenvalue weighted by Crippen LogP contribution is -2.45. The van der Waals surface area contributed by atoms with E-state index >= 15 is 0 Å². The van der Waals surface area contributed by atoms with Crippen molar-refractivity contribution in [3.8, 4) is 5.75 Å². The fourth-order valence-corrected chi connectivity index (χ4v) is 5.63. The molecule has 0 heterocycles.